The largest absolute Gasteiger partial charge is 0.423 e. The Morgan fingerprint density at radius 1 is 1.50 bits per heavy atom. The summed E-state index contributed by atoms with van der Waals surface area (Å²) in [6.07, 6.45) is -3.33. The second-order valence-corrected chi connectivity index (χ2v) is 3.53. The molecule has 0 atom stereocenters. The van der Waals surface area contributed by atoms with Gasteiger partial charge >= 0.3 is 12.2 Å². The van der Waals surface area contributed by atoms with Crippen molar-refractivity contribution in [1.82, 2.24) is 5.16 Å². The summed E-state index contributed by atoms with van der Waals surface area (Å²) >= 11 is 0. The Labute approximate surface area is 87.8 Å². The predicted molar refractivity (Wildman–Crippen MR) is 46.7 cm³/mol. The van der Waals surface area contributed by atoms with Crippen LogP contribution in [0.4, 0.5) is 23.8 Å². The monoisotopic (exact) mass is 235 g/mol. The number of halogens is 3. The molecular formula is C8H8F3N3O2. The second kappa shape index (κ2) is 3.39. The van der Waals surface area contributed by atoms with E-state index in [0.717, 1.165) is 0 Å². The number of hydrogen-bond donors (Lipinski definition) is 2. The van der Waals surface area contributed by atoms with E-state index in [1.54, 1.807) is 5.32 Å². The zero-order chi connectivity index (χ0) is 11.9. The standard InChI is InChI=1S/C8H8F3N3O2/c9-8(10,11)4-5(3-1-2-3)14-16-6(4)13-7(12)15/h3H,1-2H2,(H3,12,13,15). The van der Waals surface area contributed by atoms with Gasteiger partial charge in [0.1, 0.15) is 11.3 Å². The molecule has 0 bridgehead atoms. The molecule has 16 heavy (non-hydrogen) atoms. The minimum Gasteiger partial charge on any atom is -0.351 e. The fraction of sp³-hybridized carbons (Fsp3) is 0.500. The van der Waals surface area contributed by atoms with Gasteiger partial charge in [-0.2, -0.15) is 13.2 Å². The van der Waals surface area contributed by atoms with Gasteiger partial charge in [-0.1, -0.05) is 5.16 Å². The minimum absolute atomic E-state index is 0.156. The van der Waals surface area contributed by atoms with E-state index in [1.165, 1.54) is 0 Å². The molecule has 0 unspecified atom stereocenters. The lowest BCUT2D eigenvalue weighted by molar-refractivity contribution is -0.137. The molecule has 1 aromatic heterocycles. The Hall–Kier alpha value is -1.73. The summed E-state index contributed by atoms with van der Waals surface area (Å²) in [5.41, 5.74) is 3.54. The van der Waals surface area contributed by atoms with Gasteiger partial charge in [-0.3, -0.25) is 5.32 Å². The molecule has 0 radical (unpaired) electrons. The van der Waals surface area contributed by atoms with Gasteiger partial charge in [-0.15, -0.1) is 0 Å². The molecule has 0 spiro atoms. The Morgan fingerprint density at radius 2 is 2.12 bits per heavy atom. The lowest BCUT2D eigenvalue weighted by Crippen LogP contribution is -2.21. The molecule has 0 aliphatic heterocycles. The first kappa shape index (κ1) is 10.8. The number of carbonyl (C=O) groups is 1. The topological polar surface area (TPSA) is 81.2 Å². The van der Waals surface area contributed by atoms with Crippen molar-refractivity contribution in [3.8, 4) is 0 Å². The van der Waals surface area contributed by atoms with E-state index in [-0.39, 0.29) is 11.6 Å². The smallest absolute Gasteiger partial charge is 0.351 e. The number of nitrogens with one attached hydrogen (secondary N) is 1. The first-order valence-corrected chi connectivity index (χ1v) is 4.53. The molecule has 2 amide bonds. The van der Waals surface area contributed by atoms with Crippen molar-refractivity contribution in [3.63, 3.8) is 0 Å². The fourth-order valence-electron chi connectivity index (χ4n) is 1.41. The van der Waals surface area contributed by atoms with Gasteiger partial charge in [-0.25, -0.2) is 4.79 Å². The lowest BCUT2D eigenvalue weighted by Gasteiger charge is -2.07. The zero-order valence-electron chi connectivity index (χ0n) is 7.97. The van der Waals surface area contributed by atoms with Gasteiger partial charge in [0.05, 0.1) is 0 Å². The number of urea groups is 1. The van der Waals surface area contributed by atoms with Crippen LogP contribution in [0.1, 0.15) is 30.0 Å². The van der Waals surface area contributed by atoms with Gasteiger partial charge in [0.2, 0.25) is 5.88 Å². The van der Waals surface area contributed by atoms with E-state index in [4.69, 9.17) is 5.73 Å². The van der Waals surface area contributed by atoms with Gasteiger partial charge in [-0.05, 0) is 12.8 Å². The normalized spacial score (nSPS) is 16.2. The van der Waals surface area contributed by atoms with Crippen LogP contribution in [0.2, 0.25) is 0 Å². The molecule has 1 aromatic rings. The molecular weight excluding hydrogens is 227 g/mol. The molecule has 0 aromatic carbocycles. The van der Waals surface area contributed by atoms with Gasteiger partial charge in [0.25, 0.3) is 0 Å². The Kier molecular flexibility index (Phi) is 2.28. The molecule has 8 heteroatoms. The number of nitrogens with two attached hydrogens (primary N) is 1. The number of alkyl halides is 3. The van der Waals surface area contributed by atoms with Crippen molar-refractivity contribution in [3.05, 3.63) is 11.3 Å². The molecule has 3 N–H and O–H groups in total. The van der Waals surface area contributed by atoms with Crippen LogP contribution in [0, 0.1) is 0 Å². The molecule has 1 heterocycles. The molecule has 0 saturated heterocycles. The van der Waals surface area contributed by atoms with E-state index in [2.05, 4.69) is 9.68 Å². The third kappa shape index (κ3) is 1.95. The average molecular weight is 235 g/mol. The summed E-state index contributed by atoms with van der Waals surface area (Å²) < 4.78 is 42.5. The van der Waals surface area contributed by atoms with Crippen LogP contribution < -0.4 is 11.1 Å². The van der Waals surface area contributed by atoms with Crippen LogP contribution in [-0.2, 0) is 6.18 Å². The van der Waals surface area contributed by atoms with Gasteiger partial charge in [0.15, 0.2) is 0 Å². The van der Waals surface area contributed by atoms with Crippen LogP contribution >= 0.6 is 0 Å². The van der Waals surface area contributed by atoms with Crippen LogP contribution in [0.25, 0.3) is 0 Å². The number of nitrogens with zero attached hydrogens (tertiary/aromatic N) is 1. The second-order valence-electron chi connectivity index (χ2n) is 3.53. The third-order valence-corrected chi connectivity index (χ3v) is 2.20. The van der Waals surface area contributed by atoms with E-state index in [0.29, 0.717) is 12.8 Å². The third-order valence-electron chi connectivity index (χ3n) is 2.20. The van der Waals surface area contributed by atoms with Gasteiger partial charge < -0.3 is 10.3 Å². The van der Waals surface area contributed by atoms with Crippen LogP contribution in [-0.4, -0.2) is 11.2 Å². The molecule has 1 saturated carbocycles. The highest BCUT2D eigenvalue weighted by atomic mass is 19.4. The van der Waals surface area contributed by atoms with Crippen molar-refractivity contribution >= 4 is 11.9 Å². The van der Waals surface area contributed by atoms with E-state index in [1.807, 2.05) is 0 Å². The average Bonchev–Trinajstić information content (AvgIpc) is 2.86. The molecule has 5 nitrogen and oxygen atoms in total. The highest BCUT2D eigenvalue weighted by molar-refractivity contribution is 5.87. The number of carbonyl (C=O) groups excluding carboxylic acids is 1. The Balaban J connectivity index is 2.41. The molecule has 88 valence electrons. The summed E-state index contributed by atoms with van der Waals surface area (Å²) in [5, 5.41) is 5.11. The highest BCUT2D eigenvalue weighted by Gasteiger charge is 2.45. The molecule has 2 rings (SSSR count). The predicted octanol–water partition coefficient (Wildman–Crippen LogP) is 2.06. The number of hydrogen-bond acceptors (Lipinski definition) is 3. The number of primary amides is 1. The summed E-state index contributed by atoms with van der Waals surface area (Å²) in [7, 11) is 0. The van der Waals surface area contributed by atoms with E-state index < -0.39 is 23.7 Å². The van der Waals surface area contributed by atoms with Crippen molar-refractivity contribution in [2.24, 2.45) is 5.73 Å². The first-order valence-electron chi connectivity index (χ1n) is 4.53. The van der Waals surface area contributed by atoms with Crippen LogP contribution in [0.15, 0.2) is 4.52 Å². The van der Waals surface area contributed by atoms with Crippen molar-refractivity contribution in [2.75, 3.05) is 5.32 Å². The number of amides is 2. The van der Waals surface area contributed by atoms with Crippen LogP contribution in [0.3, 0.4) is 0 Å². The minimum atomic E-state index is -4.62. The maximum atomic E-state index is 12.7. The zero-order valence-corrected chi connectivity index (χ0v) is 7.97. The van der Waals surface area contributed by atoms with Gasteiger partial charge in [0, 0.05) is 5.92 Å². The summed E-state index contributed by atoms with van der Waals surface area (Å²) in [6.45, 7) is 0. The number of anilines is 1. The lowest BCUT2D eigenvalue weighted by atomic mass is 10.1. The Bertz CT molecular complexity index is 423. The summed E-state index contributed by atoms with van der Waals surface area (Å²) in [6, 6.07) is -1.12. The van der Waals surface area contributed by atoms with E-state index in [9.17, 15) is 18.0 Å². The number of rotatable bonds is 2. The molecule has 1 aliphatic carbocycles. The maximum Gasteiger partial charge on any atom is 0.423 e. The summed E-state index contributed by atoms with van der Waals surface area (Å²) in [4.78, 5) is 10.5. The first-order chi connectivity index (χ1) is 7.39. The Morgan fingerprint density at radius 3 is 2.56 bits per heavy atom. The molecule has 1 fully saturated rings. The summed E-state index contributed by atoms with van der Waals surface area (Å²) in [5.74, 6) is -0.967. The fourth-order valence-corrected chi connectivity index (χ4v) is 1.41. The SMILES string of the molecule is NC(=O)Nc1onc(C2CC2)c1C(F)(F)F. The molecule has 1 aliphatic rings. The van der Waals surface area contributed by atoms with E-state index >= 15 is 0 Å². The quantitative estimate of drug-likeness (QED) is 0.823. The van der Waals surface area contributed by atoms with Crippen LogP contribution in [0.5, 0.6) is 0 Å². The maximum absolute atomic E-state index is 12.7. The number of aromatic nitrogens is 1. The highest BCUT2D eigenvalue weighted by Crippen LogP contribution is 2.47. The van der Waals surface area contributed by atoms with Crippen molar-refractivity contribution in [2.45, 2.75) is 24.9 Å². The van der Waals surface area contributed by atoms with Crippen molar-refractivity contribution in [1.29, 1.82) is 0 Å². The van der Waals surface area contributed by atoms with Crippen molar-refractivity contribution < 1.29 is 22.5 Å².